The minimum absolute atomic E-state index is 0. The monoisotopic (exact) mass is 362 g/mol. The standard InChI is InChI=1S/C24H34O.Na.H/c1-2-3-4-5-6-7-8-9-16-21-24(22-17-12-10-13-18-22)25-23-19-14-11-15-20-23;;/h10-15,17-20,24H,2-9,16,21H2,1H3;;/q;+1;-1. The Labute approximate surface area is 184 Å². The van der Waals surface area contributed by atoms with Crippen molar-refractivity contribution in [1.82, 2.24) is 0 Å². The van der Waals surface area contributed by atoms with Crippen molar-refractivity contribution in [1.29, 1.82) is 0 Å². The molecule has 0 radical (unpaired) electrons. The Bertz CT molecular complexity index is 547. The summed E-state index contributed by atoms with van der Waals surface area (Å²) in [6.07, 6.45) is 13.5. The summed E-state index contributed by atoms with van der Waals surface area (Å²) in [5, 5.41) is 0. The molecule has 0 heterocycles. The van der Waals surface area contributed by atoms with E-state index in [9.17, 15) is 0 Å². The summed E-state index contributed by atoms with van der Waals surface area (Å²) >= 11 is 0. The molecule has 0 saturated carbocycles. The van der Waals surface area contributed by atoms with Crippen LogP contribution in [0.2, 0.25) is 0 Å². The largest absolute Gasteiger partial charge is 1.00 e. The summed E-state index contributed by atoms with van der Waals surface area (Å²) in [5.74, 6) is 0.965. The van der Waals surface area contributed by atoms with Crippen molar-refractivity contribution in [3.05, 3.63) is 66.2 Å². The van der Waals surface area contributed by atoms with Crippen LogP contribution in [-0.4, -0.2) is 0 Å². The zero-order valence-corrected chi connectivity index (χ0v) is 18.8. The quantitative estimate of drug-likeness (QED) is 0.366. The third-order valence-corrected chi connectivity index (χ3v) is 4.76. The molecule has 0 bridgehead atoms. The molecule has 2 heteroatoms. The van der Waals surface area contributed by atoms with Gasteiger partial charge < -0.3 is 6.16 Å². The first-order valence-corrected chi connectivity index (χ1v) is 10.2. The van der Waals surface area contributed by atoms with Crippen LogP contribution < -0.4 is 34.3 Å². The van der Waals surface area contributed by atoms with E-state index in [1.807, 2.05) is 30.3 Å². The van der Waals surface area contributed by atoms with E-state index >= 15 is 0 Å². The van der Waals surface area contributed by atoms with E-state index in [4.69, 9.17) is 4.74 Å². The first-order chi connectivity index (χ1) is 12.4. The van der Waals surface area contributed by atoms with Gasteiger partial charge in [0, 0.05) is 0 Å². The van der Waals surface area contributed by atoms with Gasteiger partial charge in [-0.15, -0.1) is 0 Å². The summed E-state index contributed by atoms with van der Waals surface area (Å²) in [5.41, 5.74) is 1.28. The fraction of sp³-hybridized carbons (Fsp3) is 0.500. The molecule has 0 aromatic heterocycles. The molecule has 0 saturated heterocycles. The Hall–Kier alpha value is -0.760. The van der Waals surface area contributed by atoms with Gasteiger partial charge in [-0.1, -0.05) is 107 Å². The molecule has 26 heavy (non-hydrogen) atoms. The molecule has 2 aromatic rings. The summed E-state index contributed by atoms with van der Waals surface area (Å²) in [7, 11) is 0. The maximum Gasteiger partial charge on any atom is 1.00 e. The maximum absolute atomic E-state index is 6.27. The molecule has 138 valence electrons. The SMILES string of the molecule is CCCCCCCCCCCC(Oc1ccccc1)c1ccccc1.[H-].[Na+]. The number of para-hydroxylation sites is 1. The zero-order valence-electron chi connectivity index (χ0n) is 17.8. The van der Waals surface area contributed by atoms with Gasteiger partial charge in [-0.3, -0.25) is 0 Å². The molecule has 2 rings (SSSR count). The van der Waals surface area contributed by atoms with Crippen LogP contribution >= 0.6 is 0 Å². The second-order valence-electron chi connectivity index (χ2n) is 6.95. The molecule has 1 atom stereocenters. The van der Waals surface area contributed by atoms with Gasteiger partial charge in [0.25, 0.3) is 0 Å². The van der Waals surface area contributed by atoms with Crippen LogP contribution in [0.4, 0.5) is 0 Å². The number of benzene rings is 2. The van der Waals surface area contributed by atoms with Crippen LogP contribution in [0.1, 0.15) is 84.2 Å². The molecule has 2 aromatic carbocycles. The summed E-state index contributed by atoms with van der Waals surface area (Å²) in [6, 6.07) is 20.8. The predicted octanol–water partition coefficient (Wildman–Crippen LogP) is 4.84. The van der Waals surface area contributed by atoms with Crippen LogP contribution in [0.15, 0.2) is 60.7 Å². The van der Waals surface area contributed by atoms with Gasteiger partial charge in [0.1, 0.15) is 11.9 Å². The Morgan fingerprint density at radius 1 is 0.692 bits per heavy atom. The molecule has 0 aliphatic carbocycles. The normalized spacial score (nSPS) is 11.6. The summed E-state index contributed by atoms with van der Waals surface area (Å²) in [6.45, 7) is 2.28. The van der Waals surface area contributed by atoms with E-state index in [-0.39, 0.29) is 37.1 Å². The van der Waals surface area contributed by atoms with Crippen LogP contribution in [0.5, 0.6) is 5.75 Å². The third kappa shape index (κ3) is 9.80. The minimum Gasteiger partial charge on any atom is -1.00 e. The fourth-order valence-corrected chi connectivity index (χ4v) is 3.27. The molecular weight excluding hydrogens is 327 g/mol. The smallest absolute Gasteiger partial charge is 1.00 e. The number of hydrogen-bond donors (Lipinski definition) is 0. The van der Waals surface area contributed by atoms with Gasteiger partial charge in [0.2, 0.25) is 0 Å². The van der Waals surface area contributed by atoms with Crippen LogP contribution in [0.25, 0.3) is 0 Å². The Morgan fingerprint density at radius 3 is 1.77 bits per heavy atom. The number of rotatable bonds is 13. The average molecular weight is 363 g/mol. The first-order valence-electron chi connectivity index (χ1n) is 10.2. The van der Waals surface area contributed by atoms with Crippen molar-refractivity contribution in [2.75, 3.05) is 0 Å². The zero-order chi connectivity index (χ0) is 17.6. The van der Waals surface area contributed by atoms with E-state index in [2.05, 4.69) is 37.3 Å². The summed E-state index contributed by atoms with van der Waals surface area (Å²) in [4.78, 5) is 0. The molecule has 0 N–H and O–H groups in total. The second kappa shape index (κ2) is 15.3. The molecular formula is C24H35NaO. The van der Waals surface area contributed by atoms with E-state index in [0.29, 0.717) is 0 Å². The molecule has 0 aliphatic heterocycles. The Kier molecular flexibility index (Phi) is 13.7. The first kappa shape index (κ1) is 23.3. The van der Waals surface area contributed by atoms with Gasteiger partial charge in [0.15, 0.2) is 0 Å². The van der Waals surface area contributed by atoms with Crippen molar-refractivity contribution >= 4 is 0 Å². The van der Waals surface area contributed by atoms with Crippen LogP contribution in [0.3, 0.4) is 0 Å². The average Bonchev–Trinajstić information content (AvgIpc) is 2.67. The predicted molar refractivity (Wildman–Crippen MR) is 109 cm³/mol. The topological polar surface area (TPSA) is 9.23 Å². The van der Waals surface area contributed by atoms with Crippen molar-refractivity contribution in [3.63, 3.8) is 0 Å². The van der Waals surface area contributed by atoms with Gasteiger partial charge in [-0.05, 0) is 30.5 Å². The van der Waals surface area contributed by atoms with E-state index in [0.717, 1.165) is 12.2 Å². The molecule has 0 aliphatic rings. The Balaban J connectivity index is 0.00000338. The second-order valence-corrected chi connectivity index (χ2v) is 6.95. The van der Waals surface area contributed by atoms with Gasteiger partial charge >= 0.3 is 29.6 Å². The van der Waals surface area contributed by atoms with Crippen molar-refractivity contribution in [3.8, 4) is 5.75 Å². The van der Waals surface area contributed by atoms with Gasteiger partial charge in [-0.2, -0.15) is 0 Å². The van der Waals surface area contributed by atoms with E-state index in [1.165, 1.54) is 63.4 Å². The van der Waals surface area contributed by atoms with Crippen molar-refractivity contribution in [2.24, 2.45) is 0 Å². The van der Waals surface area contributed by atoms with Crippen molar-refractivity contribution in [2.45, 2.75) is 77.2 Å². The van der Waals surface area contributed by atoms with Gasteiger partial charge in [-0.25, -0.2) is 0 Å². The summed E-state index contributed by atoms with van der Waals surface area (Å²) < 4.78 is 6.27. The van der Waals surface area contributed by atoms with Crippen LogP contribution in [0, 0.1) is 0 Å². The number of hydrogen-bond acceptors (Lipinski definition) is 1. The maximum atomic E-state index is 6.27. The van der Waals surface area contributed by atoms with Gasteiger partial charge in [0.05, 0.1) is 0 Å². The van der Waals surface area contributed by atoms with Crippen LogP contribution in [-0.2, 0) is 0 Å². The molecule has 0 fully saturated rings. The molecule has 1 unspecified atom stereocenters. The fourth-order valence-electron chi connectivity index (χ4n) is 3.27. The number of unbranched alkanes of at least 4 members (excludes halogenated alkanes) is 8. The molecule has 0 spiro atoms. The minimum atomic E-state index is 0. The molecule has 1 nitrogen and oxygen atoms in total. The Morgan fingerprint density at radius 2 is 1.19 bits per heavy atom. The van der Waals surface area contributed by atoms with E-state index in [1.54, 1.807) is 0 Å². The van der Waals surface area contributed by atoms with E-state index < -0.39 is 0 Å². The van der Waals surface area contributed by atoms with Crippen molar-refractivity contribution < 1.29 is 35.7 Å². The number of ether oxygens (including phenoxy) is 1. The molecule has 0 amide bonds. The third-order valence-electron chi connectivity index (χ3n) is 4.76.